The van der Waals surface area contributed by atoms with E-state index in [0.717, 1.165) is 12.3 Å². The highest BCUT2D eigenvalue weighted by Gasteiger charge is 2.17. The minimum absolute atomic E-state index is 0.100. The first-order valence-corrected chi connectivity index (χ1v) is 5.25. The van der Waals surface area contributed by atoms with Gasteiger partial charge in [0.2, 0.25) is 0 Å². The molecule has 0 amide bonds. The smallest absolute Gasteiger partial charge is 0.337 e. The number of carboxylic acid groups (broad SMARTS) is 1. The second-order valence-electron chi connectivity index (χ2n) is 3.71. The molecule has 1 aromatic heterocycles. The molecular weight excluding hydrogens is 256 g/mol. The maximum atomic E-state index is 13.8. The van der Waals surface area contributed by atoms with Gasteiger partial charge in [-0.05, 0) is 18.2 Å². The van der Waals surface area contributed by atoms with Gasteiger partial charge in [0.05, 0.1) is 18.2 Å². The number of benzene rings is 1. The maximum absolute atomic E-state index is 13.8. The third-order valence-corrected chi connectivity index (χ3v) is 2.55. The third kappa shape index (κ3) is 2.37. The van der Waals surface area contributed by atoms with Gasteiger partial charge in [-0.15, -0.1) is 0 Å². The van der Waals surface area contributed by atoms with Gasteiger partial charge in [-0.1, -0.05) is 0 Å². The second-order valence-corrected chi connectivity index (χ2v) is 3.71. The number of carboxylic acids is 1. The van der Waals surface area contributed by atoms with Crippen molar-refractivity contribution in [2.75, 3.05) is 7.11 Å². The standard InChI is InChI=1S/C13H9F2NO3/c1-19-10-3-2-9(14)12(15)11(10)7-4-8(13(17)18)6-16-5-7/h2-6H,1H3,(H,17,18). The first-order valence-electron chi connectivity index (χ1n) is 5.25. The van der Waals surface area contributed by atoms with Crippen LogP contribution >= 0.6 is 0 Å². The summed E-state index contributed by atoms with van der Waals surface area (Å²) in [5.74, 6) is -3.26. The van der Waals surface area contributed by atoms with Gasteiger partial charge in [0.25, 0.3) is 0 Å². The van der Waals surface area contributed by atoms with Gasteiger partial charge in [-0.25, -0.2) is 13.6 Å². The molecule has 2 aromatic rings. The van der Waals surface area contributed by atoms with Gasteiger partial charge in [-0.3, -0.25) is 4.98 Å². The molecule has 0 aliphatic rings. The van der Waals surface area contributed by atoms with Crippen LogP contribution in [0.25, 0.3) is 11.1 Å². The Kier molecular flexibility index (Phi) is 3.41. The molecule has 0 bridgehead atoms. The lowest BCUT2D eigenvalue weighted by Gasteiger charge is -2.10. The summed E-state index contributed by atoms with van der Waals surface area (Å²) in [7, 11) is 1.31. The average molecular weight is 265 g/mol. The summed E-state index contributed by atoms with van der Waals surface area (Å²) in [4.78, 5) is 14.6. The highest BCUT2D eigenvalue weighted by atomic mass is 19.2. The molecule has 4 nitrogen and oxygen atoms in total. The Morgan fingerprint density at radius 1 is 1.32 bits per heavy atom. The van der Waals surface area contributed by atoms with Crippen molar-refractivity contribution in [3.8, 4) is 16.9 Å². The van der Waals surface area contributed by atoms with E-state index >= 15 is 0 Å². The van der Waals surface area contributed by atoms with Crippen LogP contribution < -0.4 is 4.74 Å². The van der Waals surface area contributed by atoms with Crippen LogP contribution in [0.5, 0.6) is 5.75 Å². The average Bonchev–Trinajstić information content (AvgIpc) is 2.41. The molecule has 2 rings (SSSR count). The van der Waals surface area contributed by atoms with Gasteiger partial charge in [0.15, 0.2) is 11.6 Å². The first-order chi connectivity index (χ1) is 9.04. The molecule has 0 fully saturated rings. The van der Waals surface area contributed by atoms with Crippen LogP contribution in [0.15, 0.2) is 30.6 Å². The molecule has 0 saturated carbocycles. The van der Waals surface area contributed by atoms with Crippen molar-refractivity contribution >= 4 is 5.97 Å². The van der Waals surface area contributed by atoms with Gasteiger partial charge >= 0.3 is 5.97 Å². The van der Waals surface area contributed by atoms with Crippen molar-refractivity contribution in [3.05, 3.63) is 47.8 Å². The topological polar surface area (TPSA) is 59.4 Å². The Balaban J connectivity index is 2.67. The Morgan fingerprint density at radius 2 is 2.05 bits per heavy atom. The number of rotatable bonds is 3. The van der Waals surface area contributed by atoms with E-state index in [1.807, 2.05) is 0 Å². The summed E-state index contributed by atoms with van der Waals surface area (Å²) in [6, 6.07) is 3.41. The van der Waals surface area contributed by atoms with E-state index in [9.17, 15) is 13.6 Å². The number of hydrogen-bond donors (Lipinski definition) is 1. The highest BCUT2D eigenvalue weighted by molar-refractivity contribution is 5.89. The fourth-order valence-corrected chi connectivity index (χ4v) is 1.67. The zero-order valence-electron chi connectivity index (χ0n) is 9.85. The van der Waals surface area contributed by atoms with Gasteiger partial charge in [0.1, 0.15) is 5.75 Å². The van der Waals surface area contributed by atoms with E-state index < -0.39 is 17.6 Å². The molecule has 1 aromatic carbocycles. The van der Waals surface area contributed by atoms with E-state index in [1.54, 1.807) is 0 Å². The molecule has 1 heterocycles. The fraction of sp³-hybridized carbons (Fsp3) is 0.0769. The van der Waals surface area contributed by atoms with Crippen molar-refractivity contribution in [2.24, 2.45) is 0 Å². The quantitative estimate of drug-likeness (QED) is 0.927. The number of ether oxygens (including phenoxy) is 1. The van der Waals surface area contributed by atoms with Crippen LogP contribution in [0.3, 0.4) is 0 Å². The SMILES string of the molecule is COc1ccc(F)c(F)c1-c1cncc(C(=O)O)c1. The number of hydrogen-bond acceptors (Lipinski definition) is 3. The molecule has 0 radical (unpaired) electrons. The maximum Gasteiger partial charge on any atom is 0.337 e. The lowest BCUT2D eigenvalue weighted by molar-refractivity contribution is 0.0696. The van der Waals surface area contributed by atoms with Crippen LogP contribution in [-0.4, -0.2) is 23.2 Å². The number of methoxy groups -OCH3 is 1. The Bertz CT molecular complexity index is 644. The van der Waals surface area contributed by atoms with Crippen molar-refractivity contribution in [2.45, 2.75) is 0 Å². The van der Waals surface area contributed by atoms with Crippen molar-refractivity contribution in [3.63, 3.8) is 0 Å². The minimum atomic E-state index is -1.20. The molecule has 0 aliphatic carbocycles. The van der Waals surface area contributed by atoms with Gasteiger partial charge in [-0.2, -0.15) is 0 Å². The number of halogens is 2. The molecule has 0 atom stereocenters. The summed E-state index contributed by atoms with van der Waals surface area (Å²) in [6.45, 7) is 0. The van der Waals surface area contributed by atoms with E-state index in [0.29, 0.717) is 0 Å². The number of nitrogens with zero attached hydrogens (tertiary/aromatic N) is 1. The molecule has 6 heteroatoms. The van der Waals surface area contributed by atoms with Crippen molar-refractivity contribution in [1.82, 2.24) is 4.98 Å². The highest BCUT2D eigenvalue weighted by Crippen LogP contribution is 2.33. The van der Waals surface area contributed by atoms with Gasteiger partial charge < -0.3 is 9.84 Å². The zero-order chi connectivity index (χ0) is 14.0. The van der Waals surface area contributed by atoms with Crippen molar-refractivity contribution in [1.29, 1.82) is 0 Å². The summed E-state index contributed by atoms with van der Waals surface area (Å²) in [6.07, 6.45) is 2.36. The van der Waals surface area contributed by atoms with Crippen LogP contribution in [0.2, 0.25) is 0 Å². The molecule has 0 unspecified atom stereocenters. The second kappa shape index (κ2) is 5.01. The lowest BCUT2D eigenvalue weighted by Crippen LogP contribution is -2.00. The summed E-state index contributed by atoms with van der Waals surface area (Å²) in [5, 5.41) is 8.87. The molecule has 0 spiro atoms. The molecule has 19 heavy (non-hydrogen) atoms. The van der Waals surface area contributed by atoms with Gasteiger partial charge in [0, 0.05) is 18.0 Å². The monoisotopic (exact) mass is 265 g/mol. The summed E-state index contributed by atoms with van der Waals surface area (Å²) >= 11 is 0. The predicted octanol–water partition coefficient (Wildman–Crippen LogP) is 2.73. The van der Waals surface area contributed by atoms with Crippen molar-refractivity contribution < 1.29 is 23.4 Å². The first kappa shape index (κ1) is 12.9. The lowest BCUT2D eigenvalue weighted by atomic mass is 10.0. The summed E-state index contributed by atoms with van der Waals surface area (Å²) < 4.78 is 32.1. The van der Waals surface area contributed by atoms with E-state index in [1.165, 1.54) is 25.4 Å². The van der Waals surface area contributed by atoms with E-state index in [-0.39, 0.29) is 22.4 Å². The predicted molar refractivity (Wildman–Crippen MR) is 63.1 cm³/mol. The Hall–Kier alpha value is -2.50. The Labute approximate surface area is 107 Å². The van der Waals surface area contributed by atoms with E-state index in [4.69, 9.17) is 9.84 Å². The zero-order valence-corrected chi connectivity index (χ0v) is 9.85. The molecule has 98 valence electrons. The fourth-order valence-electron chi connectivity index (χ4n) is 1.67. The number of carbonyl (C=O) groups is 1. The normalized spacial score (nSPS) is 10.3. The molecule has 0 saturated heterocycles. The molecule has 1 N–H and O–H groups in total. The minimum Gasteiger partial charge on any atom is -0.496 e. The number of aromatic nitrogens is 1. The van der Waals surface area contributed by atoms with Crippen LogP contribution in [0, 0.1) is 11.6 Å². The molecule has 0 aliphatic heterocycles. The van der Waals surface area contributed by atoms with Crippen LogP contribution in [0.1, 0.15) is 10.4 Å². The third-order valence-electron chi connectivity index (χ3n) is 2.55. The van der Waals surface area contributed by atoms with Crippen LogP contribution in [-0.2, 0) is 0 Å². The molecular formula is C13H9F2NO3. The van der Waals surface area contributed by atoms with E-state index in [2.05, 4.69) is 4.98 Å². The summed E-state index contributed by atoms with van der Waals surface area (Å²) in [5.41, 5.74) is -0.143. The largest absolute Gasteiger partial charge is 0.496 e. The Morgan fingerprint density at radius 3 is 2.68 bits per heavy atom. The van der Waals surface area contributed by atoms with Crippen LogP contribution in [0.4, 0.5) is 8.78 Å². The number of pyridine rings is 1. The number of aromatic carboxylic acids is 1.